The Kier molecular flexibility index (Phi) is 6.78. The van der Waals surface area contributed by atoms with E-state index in [-0.39, 0.29) is 0 Å². The Bertz CT molecular complexity index is 1160. The van der Waals surface area contributed by atoms with Crippen molar-refractivity contribution >= 4 is 56.9 Å². The minimum Gasteiger partial charge on any atom is -0.488 e. The topological polar surface area (TPSA) is 18.5 Å². The number of hydrogen-bond donors (Lipinski definition) is 0. The molecule has 0 saturated heterocycles. The molecule has 0 radical (unpaired) electrons. The average Bonchev–Trinajstić information content (AvgIpc) is 3.50. The second kappa shape index (κ2) is 9.52. The first-order chi connectivity index (χ1) is 14.6. The lowest BCUT2D eigenvalue weighted by molar-refractivity contribution is 0.262. The third kappa shape index (κ3) is 4.57. The van der Waals surface area contributed by atoms with Crippen molar-refractivity contribution in [3.63, 3.8) is 0 Å². The molecule has 4 aromatic heterocycles. The summed E-state index contributed by atoms with van der Waals surface area (Å²) in [5.74, 6) is 1.68. The second-order valence-electron chi connectivity index (χ2n) is 6.67. The fraction of sp³-hybridized carbons (Fsp3) is 0.250. The zero-order chi connectivity index (χ0) is 21.1. The molecule has 6 heteroatoms. The van der Waals surface area contributed by atoms with Gasteiger partial charge in [0.05, 0.1) is 23.0 Å². The second-order valence-corrected chi connectivity index (χ2v) is 11.4. The molecular formula is C24H24O2S4. The summed E-state index contributed by atoms with van der Waals surface area (Å²) in [7, 11) is 0. The van der Waals surface area contributed by atoms with Gasteiger partial charge in [-0.2, -0.15) is 0 Å². The molecule has 4 aromatic rings. The van der Waals surface area contributed by atoms with Gasteiger partial charge < -0.3 is 9.47 Å². The highest BCUT2D eigenvalue weighted by atomic mass is 32.1. The summed E-state index contributed by atoms with van der Waals surface area (Å²) in [6.45, 7) is 9.52. The number of ether oxygens (including phenoxy) is 2. The summed E-state index contributed by atoms with van der Waals surface area (Å²) in [4.78, 5) is 10.0. The molecule has 0 spiro atoms. The molecular weight excluding hydrogens is 449 g/mol. The lowest BCUT2D eigenvalue weighted by atomic mass is 10.2. The van der Waals surface area contributed by atoms with Gasteiger partial charge in [0, 0.05) is 29.3 Å². The van der Waals surface area contributed by atoms with Gasteiger partial charge in [-0.1, -0.05) is 0 Å². The van der Waals surface area contributed by atoms with Gasteiger partial charge in [-0.15, -0.1) is 45.3 Å². The zero-order valence-corrected chi connectivity index (χ0v) is 20.7. The summed E-state index contributed by atoms with van der Waals surface area (Å²) >= 11 is 7.18. The molecule has 0 N–H and O–H groups in total. The summed E-state index contributed by atoms with van der Waals surface area (Å²) in [5, 5.41) is 0. The highest BCUT2D eigenvalue weighted by Crippen LogP contribution is 2.42. The van der Waals surface area contributed by atoms with E-state index in [1.807, 2.05) is 36.5 Å². The van der Waals surface area contributed by atoms with E-state index in [1.165, 1.54) is 29.3 Å². The zero-order valence-electron chi connectivity index (χ0n) is 17.5. The summed E-state index contributed by atoms with van der Waals surface area (Å²) in [5.41, 5.74) is 0. The number of hydrogen-bond acceptors (Lipinski definition) is 6. The number of rotatable bonds is 8. The SMILES string of the molecule is CCO/C(=C(/OCC)c1ccc(-c2ccc(-c3ccc(C)s3)s2)s1)c1ccc(C)s1. The van der Waals surface area contributed by atoms with Crippen molar-refractivity contribution in [1.82, 2.24) is 0 Å². The summed E-state index contributed by atoms with van der Waals surface area (Å²) in [6, 6.07) is 17.4. The number of aryl methyl sites for hydroxylation is 2. The van der Waals surface area contributed by atoms with Gasteiger partial charge in [-0.05, 0) is 76.2 Å². The first-order valence-electron chi connectivity index (χ1n) is 9.93. The van der Waals surface area contributed by atoms with E-state index in [0.717, 1.165) is 21.3 Å². The van der Waals surface area contributed by atoms with Crippen molar-refractivity contribution in [3.8, 4) is 19.5 Å². The first kappa shape index (κ1) is 21.4. The van der Waals surface area contributed by atoms with Gasteiger partial charge in [0.25, 0.3) is 0 Å². The van der Waals surface area contributed by atoms with E-state index in [4.69, 9.17) is 9.47 Å². The van der Waals surface area contributed by atoms with Crippen molar-refractivity contribution in [3.05, 3.63) is 68.0 Å². The highest BCUT2D eigenvalue weighted by Gasteiger charge is 2.19. The fourth-order valence-corrected chi connectivity index (χ4v) is 7.02. The average molecular weight is 473 g/mol. The van der Waals surface area contributed by atoms with Crippen molar-refractivity contribution in [2.75, 3.05) is 13.2 Å². The Hall–Kier alpha value is -1.86. The van der Waals surface area contributed by atoms with Crippen LogP contribution in [0.1, 0.15) is 33.4 Å². The van der Waals surface area contributed by atoms with Crippen LogP contribution in [0.15, 0.2) is 48.5 Å². The molecule has 0 saturated carbocycles. The maximum absolute atomic E-state index is 6.11. The molecule has 156 valence electrons. The number of thiophene rings is 4. The summed E-state index contributed by atoms with van der Waals surface area (Å²) in [6.07, 6.45) is 0. The third-order valence-electron chi connectivity index (χ3n) is 4.41. The molecule has 0 bridgehead atoms. The van der Waals surface area contributed by atoms with Crippen LogP contribution in [0.5, 0.6) is 0 Å². The molecule has 0 fully saturated rings. The van der Waals surface area contributed by atoms with Gasteiger partial charge >= 0.3 is 0 Å². The lowest BCUT2D eigenvalue weighted by Crippen LogP contribution is -1.98. The van der Waals surface area contributed by atoms with Crippen LogP contribution < -0.4 is 0 Å². The molecule has 4 heterocycles. The molecule has 0 aliphatic rings. The normalized spacial score (nSPS) is 12.1. The Labute approximate surface area is 194 Å². The van der Waals surface area contributed by atoms with E-state index < -0.39 is 0 Å². The minimum atomic E-state index is 0.602. The Morgan fingerprint density at radius 2 is 1.00 bits per heavy atom. The molecule has 2 nitrogen and oxygen atoms in total. The maximum atomic E-state index is 6.11. The van der Waals surface area contributed by atoms with Crippen LogP contribution in [0.3, 0.4) is 0 Å². The van der Waals surface area contributed by atoms with Gasteiger partial charge in [-0.25, -0.2) is 0 Å². The molecule has 30 heavy (non-hydrogen) atoms. The highest BCUT2D eigenvalue weighted by molar-refractivity contribution is 7.26. The van der Waals surface area contributed by atoms with E-state index in [2.05, 4.69) is 62.4 Å². The van der Waals surface area contributed by atoms with Crippen molar-refractivity contribution in [1.29, 1.82) is 0 Å². The molecule has 0 amide bonds. The van der Waals surface area contributed by atoms with Gasteiger partial charge in [-0.3, -0.25) is 0 Å². The molecule has 0 atom stereocenters. The van der Waals surface area contributed by atoms with E-state index in [1.54, 1.807) is 22.7 Å². The smallest absolute Gasteiger partial charge is 0.179 e. The Morgan fingerprint density at radius 3 is 1.53 bits per heavy atom. The van der Waals surface area contributed by atoms with Crippen molar-refractivity contribution in [2.24, 2.45) is 0 Å². The molecule has 0 unspecified atom stereocenters. The van der Waals surface area contributed by atoms with Crippen molar-refractivity contribution < 1.29 is 9.47 Å². The van der Waals surface area contributed by atoms with Crippen LogP contribution in [0.4, 0.5) is 0 Å². The van der Waals surface area contributed by atoms with Crippen LogP contribution in [-0.4, -0.2) is 13.2 Å². The van der Waals surface area contributed by atoms with Gasteiger partial charge in [0.2, 0.25) is 0 Å². The van der Waals surface area contributed by atoms with Crippen LogP contribution >= 0.6 is 45.3 Å². The van der Waals surface area contributed by atoms with Crippen molar-refractivity contribution in [2.45, 2.75) is 27.7 Å². The van der Waals surface area contributed by atoms with Gasteiger partial charge in [0.15, 0.2) is 11.5 Å². The van der Waals surface area contributed by atoms with Crippen LogP contribution in [0.25, 0.3) is 31.0 Å². The molecule has 0 aliphatic carbocycles. The monoisotopic (exact) mass is 472 g/mol. The standard InChI is InChI=1S/C24H24O2S4/c1-5-25-23(21-10-8-16(4)28-21)24(26-6-2)22-14-13-20(30-22)19-12-11-18(29-19)17-9-7-15(3)27-17/h7-14H,5-6H2,1-4H3/b24-23+. The van der Waals surface area contributed by atoms with Gasteiger partial charge in [0.1, 0.15) is 0 Å². The predicted molar refractivity (Wildman–Crippen MR) is 135 cm³/mol. The van der Waals surface area contributed by atoms with E-state index in [9.17, 15) is 0 Å². The Morgan fingerprint density at radius 1 is 0.567 bits per heavy atom. The fourth-order valence-electron chi connectivity index (χ4n) is 3.10. The largest absolute Gasteiger partial charge is 0.488 e. The minimum absolute atomic E-state index is 0.602. The molecule has 0 aliphatic heterocycles. The first-order valence-corrected chi connectivity index (χ1v) is 13.2. The van der Waals surface area contributed by atoms with E-state index in [0.29, 0.717) is 13.2 Å². The molecule has 0 aromatic carbocycles. The predicted octanol–water partition coefficient (Wildman–Crippen LogP) is 8.78. The van der Waals surface area contributed by atoms with Crippen LogP contribution in [-0.2, 0) is 9.47 Å². The summed E-state index contributed by atoms with van der Waals surface area (Å²) < 4.78 is 12.2. The quantitative estimate of drug-likeness (QED) is 0.239. The maximum Gasteiger partial charge on any atom is 0.179 e. The lowest BCUT2D eigenvalue weighted by Gasteiger charge is -2.14. The van der Waals surface area contributed by atoms with Crippen LogP contribution in [0.2, 0.25) is 0 Å². The van der Waals surface area contributed by atoms with E-state index >= 15 is 0 Å². The Balaban J connectivity index is 1.70. The third-order valence-corrected chi connectivity index (χ3v) is 8.97. The molecule has 4 rings (SSSR count). The van der Waals surface area contributed by atoms with Crippen LogP contribution in [0, 0.1) is 13.8 Å².